The minimum atomic E-state index is -0.134. The number of aromatic nitrogens is 2. The Bertz CT molecular complexity index is 1320. The van der Waals surface area contributed by atoms with Gasteiger partial charge in [-0.1, -0.05) is 73.4 Å². The molecule has 1 heterocycles. The molecule has 35 heavy (non-hydrogen) atoms. The van der Waals surface area contributed by atoms with Crippen molar-refractivity contribution in [2.45, 2.75) is 27.3 Å². The van der Waals surface area contributed by atoms with E-state index in [1.165, 1.54) is 0 Å². The Labute approximate surface area is 215 Å². The van der Waals surface area contributed by atoms with E-state index >= 15 is 0 Å². The Morgan fingerprint density at radius 2 is 1.71 bits per heavy atom. The van der Waals surface area contributed by atoms with Gasteiger partial charge in [0.2, 0.25) is 5.88 Å². The van der Waals surface area contributed by atoms with E-state index < -0.39 is 0 Å². The molecule has 3 aromatic carbocycles. The first-order valence-electron chi connectivity index (χ1n) is 11.4. The summed E-state index contributed by atoms with van der Waals surface area (Å²) in [5, 5.41) is 5.79. The van der Waals surface area contributed by atoms with Gasteiger partial charge in [0.25, 0.3) is 5.91 Å². The number of halogens is 2. The van der Waals surface area contributed by atoms with Gasteiger partial charge in [0.05, 0.1) is 34.1 Å². The van der Waals surface area contributed by atoms with Gasteiger partial charge in [-0.05, 0) is 55.3 Å². The summed E-state index contributed by atoms with van der Waals surface area (Å²) in [4.78, 5) is 15.4. The standard InChI is InChI=1S/C28H27Cl2N3O2/c1-19(2)17-32(27(34)24-14-7-8-15-26(24)30)18-25-20(3)31-33(22-11-9-10-21(29)16-22)28(25)35-23-12-5-4-6-13-23/h4-16,19H,17-18H2,1-3H3. The fourth-order valence-corrected chi connectivity index (χ4v) is 4.27. The van der Waals surface area contributed by atoms with Crippen LogP contribution in [0.5, 0.6) is 11.6 Å². The zero-order valence-electron chi connectivity index (χ0n) is 19.9. The fourth-order valence-electron chi connectivity index (χ4n) is 3.86. The minimum Gasteiger partial charge on any atom is -0.439 e. The van der Waals surface area contributed by atoms with Crippen LogP contribution in [-0.2, 0) is 6.54 Å². The van der Waals surface area contributed by atoms with Crippen LogP contribution in [0.4, 0.5) is 0 Å². The lowest BCUT2D eigenvalue weighted by Crippen LogP contribution is -2.34. The summed E-state index contributed by atoms with van der Waals surface area (Å²) in [5.41, 5.74) is 2.82. The Balaban J connectivity index is 1.79. The van der Waals surface area contributed by atoms with Crippen molar-refractivity contribution < 1.29 is 9.53 Å². The van der Waals surface area contributed by atoms with Crippen LogP contribution in [0.3, 0.4) is 0 Å². The maximum Gasteiger partial charge on any atom is 0.255 e. The van der Waals surface area contributed by atoms with E-state index in [1.807, 2.05) is 73.7 Å². The molecule has 0 saturated heterocycles. The minimum absolute atomic E-state index is 0.134. The number of para-hydroxylation sites is 1. The maximum absolute atomic E-state index is 13.6. The number of amides is 1. The number of hydrogen-bond acceptors (Lipinski definition) is 3. The van der Waals surface area contributed by atoms with E-state index in [1.54, 1.807) is 21.7 Å². The second kappa shape index (κ2) is 11.0. The quantitative estimate of drug-likeness (QED) is 0.247. The van der Waals surface area contributed by atoms with Crippen molar-refractivity contribution in [2.24, 2.45) is 5.92 Å². The second-order valence-corrected chi connectivity index (χ2v) is 9.58. The summed E-state index contributed by atoms with van der Waals surface area (Å²) in [5.74, 6) is 1.33. The fraction of sp³-hybridized carbons (Fsp3) is 0.214. The van der Waals surface area contributed by atoms with Gasteiger partial charge in [-0.2, -0.15) is 5.10 Å². The highest BCUT2D eigenvalue weighted by molar-refractivity contribution is 6.33. The largest absolute Gasteiger partial charge is 0.439 e. The lowest BCUT2D eigenvalue weighted by atomic mass is 10.1. The molecule has 5 nitrogen and oxygen atoms in total. The van der Waals surface area contributed by atoms with Crippen LogP contribution in [0.15, 0.2) is 78.9 Å². The molecule has 0 fully saturated rings. The average Bonchev–Trinajstić information content (AvgIpc) is 3.14. The molecule has 0 atom stereocenters. The Kier molecular flexibility index (Phi) is 7.79. The van der Waals surface area contributed by atoms with E-state index in [4.69, 9.17) is 33.0 Å². The predicted octanol–water partition coefficient (Wildman–Crippen LogP) is 7.58. The lowest BCUT2D eigenvalue weighted by molar-refractivity contribution is 0.0721. The van der Waals surface area contributed by atoms with E-state index in [2.05, 4.69) is 13.8 Å². The van der Waals surface area contributed by atoms with Crippen LogP contribution < -0.4 is 4.74 Å². The number of rotatable bonds is 8. The zero-order chi connectivity index (χ0) is 24.9. The summed E-state index contributed by atoms with van der Waals surface area (Å²) in [6.45, 7) is 6.95. The molecule has 1 aromatic heterocycles. The first kappa shape index (κ1) is 24.8. The van der Waals surface area contributed by atoms with E-state index in [0.29, 0.717) is 40.3 Å². The van der Waals surface area contributed by atoms with E-state index in [9.17, 15) is 4.79 Å². The molecule has 7 heteroatoms. The maximum atomic E-state index is 13.6. The van der Waals surface area contributed by atoms with Crippen molar-refractivity contribution >= 4 is 29.1 Å². The smallest absolute Gasteiger partial charge is 0.255 e. The molecule has 0 aliphatic rings. The van der Waals surface area contributed by atoms with Crippen molar-refractivity contribution in [2.75, 3.05) is 6.54 Å². The Hall–Kier alpha value is -3.28. The van der Waals surface area contributed by atoms with Gasteiger partial charge in [0, 0.05) is 11.6 Å². The number of benzene rings is 3. The molecular formula is C28H27Cl2N3O2. The van der Waals surface area contributed by atoms with Crippen molar-refractivity contribution in [1.82, 2.24) is 14.7 Å². The molecule has 0 aliphatic carbocycles. The van der Waals surface area contributed by atoms with Gasteiger partial charge in [0.15, 0.2) is 0 Å². The van der Waals surface area contributed by atoms with Gasteiger partial charge in [-0.3, -0.25) is 4.79 Å². The Morgan fingerprint density at radius 3 is 2.40 bits per heavy atom. The van der Waals surface area contributed by atoms with E-state index in [-0.39, 0.29) is 11.8 Å². The molecule has 0 unspecified atom stereocenters. The lowest BCUT2D eigenvalue weighted by Gasteiger charge is -2.25. The molecule has 0 N–H and O–H groups in total. The molecule has 1 amide bonds. The van der Waals surface area contributed by atoms with Crippen LogP contribution in [0.1, 0.15) is 35.5 Å². The molecule has 0 bridgehead atoms. The van der Waals surface area contributed by atoms with Gasteiger partial charge >= 0.3 is 0 Å². The summed E-state index contributed by atoms with van der Waals surface area (Å²) in [6.07, 6.45) is 0. The third-order valence-corrected chi connectivity index (χ3v) is 6.04. The van der Waals surface area contributed by atoms with Crippen LogP contribution in [0.25, 0.3) is 5.69 Å². The number of carbonyl (C=O) groups is 1. The average molecular weight is 508 g/mol. The Morgan fingerprint density at radius 1 is 1.00 bits per heavy atom. The molecule has 0 aliphatic heterocycles. The highest BCUT2D eigenvalue weighted by atomic mass is 35.5. The van der Waals surface area contributed by atoms with Crippen molar-refractivity contribution in [1.29, 1.82) is 0 Å². The highest BCUT2D eigenvalue weighted by Crippen LogP contribution is 2.33. The molecule has 180 valence electrons. The summed E-state index contributed by atoms with van der Waals surface area (Å²) in [6, 6.07) is 24.1. The summed E-state index contributed by atoms with van der Waals surface area (Å²) >= 11 is 12.6. The van der Waals surface area contributed by atoms with Crippen LogP contribution in [0.2, 0.25) is 10.0 Å². The molecule has 4 aromatic rings. The topological polar surface area (TPSA) is 47.4 Å². The number of ether oxygens (including phenoxy) is 1. The molecule has 0 spiro atoms. The number of hydrogen-bond donors (Lipinski definition) is 0. The first-order chi connectivity index (χ1) is 16.8. The molecular weight excluding hydrogens is 481 g/mol. The third-order valence-electron chi connectivity index (χ3n) is 5.47. The predicted molar refractivity (Wildman–Crippen MR) is 141 cm³/mol. The van der Waals surface area contributed by atoms with Crippen molar-refractivity contribution in [3.63, 3.8) is 0 Å². The monoisotopic (exact) mass is 507 g/mol. The van der Waals surface area contributed by atoms with Crippen LogP contribution in [0, 0.1) is 12.8 Å². The molecule has 0 radical (unpaired) electrons. The van der Waals surface area contributed by atoms with Crippen LogP contribution >= 0.6 is 23.2 Å². The molecule has 4 rings (SSSR count). The van der Waals surface area contributed by atoms with Gasteiger partial charge in [-0.25, -0.2) is 4.68 Å². The normalized spacial score (nSPS) is 11.0. The number of carbonyl (C=O) groups excluding carboxylic acids is 1. The third kappa shape index (κ3) is 5.87. The van der Waals surface area contributed by atoms with Crippen molar-refractivity contribution in [3.05, 3.63) is 106 Å². The van der Waals surface area contributed by atoms with Crippen molar-refractivity contribution in [3.8, 4) is 17.3 Å². The molecule has 0 saturated carbocycles. The highest BCUT2D eigenvalue weighted by Gasteiger charge is 2.26. The second-order valence-electron chi connectivity index (χ2n) is 8.74. The van der Waals surface area contributed by atoms with Gasteiger partial charge in [-0.15, -0.1) is 0 Å². The number of nitrogens with zero attached hydrogens (tertiary/aromatic N) is 3. The summed E-state index contributed by atoms with van der Waals surface area (Å²) < 4.78 is 8.10. The summed E-state index contributed by atoms with van der Waals surface area (Å²) in [7, 11) is 0. The number of aryl methyl sites for hydroxylation is 1. The van der Waals surface area contributed by atoms with Gasteiger partial charge in [0.1, 0.15) is 5.75 Å². The van der Waals surface area contributed by atoms with Gasteiger partial charge < -0.3 is 9.64 Å². The van der Waals surface area contributed by atoms with E-state index in [0.717, 1.165) is 16.9 Å². The van der Waals surface area contributed by atoms with Crippen LogP contribution in [-0.4, -0.2) is 27.1 Å². The zero-order valence-corrected chi connectivity index (χ0v) is 21.4. The first-order valence-corrected chi connectivity index (χ1v) is 12.2. The SMILES string of the molecule is Cc1nn(-c2cccc(Cl)c2)c(Oc2ccccc2)c1CN(CC(C)C)C(=O)c1ccccc1Cl.